The molecule has 0 saturated carbocycles. The van der Waals surface area contributed by atoms with Gasteiger partial charge in [-0.3, -0.25) is 0 Å². The van der Waals surface area contributed by atoms with Gasteiger partial charge in [0.15, 0.2) is 17.7 Å². The van der Waals surface area contributed by atoms with Gasteiger partial charge in [0.25, 0.3) is 0 Å². The molecular weight excluding hydrogens is 420 g/mol. The summed E-state index contributed by atoms with van der Waals surface area (Å²) in [7, 11) is 6.59. The van der Waals surface area contributed by atoms with E-state index >= 15 is 0 Å². The largest absolute Gasteiger partial charge is 0.497 e. The van der Waals surface area contributed by atoms with Crippen molar-refractivity contribution in [1.29, 1.82) is 0 Å². The summed E-state index contributed by atoms with van der Waals surface area (Å²) in [5.41, 5.74) is 7.58. The van der Waals surface area contributed by atoms with Crippen LogP contribution >= 0.6 is 0 Å². The van der Waals surface area contributed by atoms with E-state index in [2.05, 4.69) is 16.5 Å². The third-order valence-electron chi connectivity index (χ3n) is 5.99. The zero-order valence-corrected chi connectivity index (χ0v) is 19.0. The molecule has 0 aliphatic carbocycles. The second-order valence-electron chi connectivity index (χ2n) is 7.76. The van der Waals surface area contributed by atoms with Crippen LogP contribution in [0.1, 0.15) is 29.0 Å². The van der Waals surface area contributed by atoms with Crippen molar-refractivity contribution >= 4 is 5.70 Å². The molecule has 0 bridgehead atoms. The average molecular weight is 447 g/mol. The van der Waals surface area contributed by atoms with Crippen LogP contribution in [0.2, 0.25) is 0 Å². The zero-order valence-electron chi connectivity index (χ0n) is 19.0. The highest BCUT2D eigenvalue weighted by molar-refractivity contribution is 5.68. The van der Waals surface area contributed by atoms with Crippen LogP contribution in [0.25, 0.3) is 5.70 Å². The number of hydrazine groups is 1. The molecule has 5 rings (SSSR count). The van der Waals surface area contributed by atoms with Gasteiger partial charge in [-0.15, -0.1) is 0 Å². The summed E-state index contributed by atoms with van der Waals surface area (Å²) < 4.78 is 28.2. The molecule has 2 unspecified atom stereocenters. The van der Waals surface area contributed by atoms with Gasteiger partial charge in [0.1, 0.15) is 17.2 Å². The number of nitrogens with zero attached hydrogens (tertiary/aromatic N) is 1. The van der Waals surface area contributed by atoms with Crippen LogP contribution in [-0.4, -0.2) is 33.4 Å². The van der Waals surface area contributed by atoms with E-state index < -0.39 is 0 Å². The highest BCUT2D eigenvalue weighted by Gasteiger charge is 2.40. The lowest BCUT2D eigenvalue weighted by Crippen LogP contribution is -2.43. The Balaban J connectivity index is 1.57. The summed E-state index contributed by atoms with van der Waals surface area (Å²) in [5.74, 6) is 3.74. The van der Waals surface area contributed by atoms with Crippen molar-refractivity contribution in [3.8, 4) is 28.7 Å². The molecule has 0 spiro atoms. The number of hydrogen-bond donors (Lipinski definition) is 1. The number of benzene rings is 3. The van der Waals surface area contributed by atoms with Crippen molar-refractivity contribution in [3.05, 3.63) is 83.4 Å². The van der Waals surface area contributed by atoms with Crippen molar-refractivity contribution in [1.82, 2.24) is 10.4 Å². The Hall–Kier alpha value is -3.84. The minimum Gasteiger partial charge on any atom is -0.497 e. The van der Waals surface area contributed by atoms with Gasteiger partial charge in [0, 0.05) is 11.1 Å². The molecule has 2 aliphatic heterocycles. The second kappa shape index (κ2) is 8.60. The number of hydrogen-bond acceptors (Lipinski definition) is 7. The fraction of sp³-hybridized carbons (Fsp3) is 0.231. The van der Waals surface area contributed by atoms with Gasteiger partial charge in [-0.2, -0.15) is 5.01 Å². The molecule has 170 valence electrons. The molecule has 0 saturated heterocycles. The second-order valence-corrected chi connectivity index (χ2v) is 7.76. The van der Waals surface area contributed by atoms with Crippen molar-refractivity contribution in [2.75, 3.05) is 28.4 Å². The van der Waals surface area contributed by atoms with Gasteiger partial charge in [-0.25, -0.2) is 0 Å². The van der Waals surface area contributed by atoms with Gasteiger partial charge >= 0.3 is 0 Å². The SMILES string of the molecule is COc1ccc(C2=CC3c4cc(OC)ccc4OC(c4ccc(OC)c(OC)c4)N3N2)cc1. The van der Waals surface area contributed by atoms with E-state index in [1.165, 1.54) is 0 Å². The first-order valence-electron chi connectivity index (χ1n) is 10.6. The maximum atomic E-state index is 6.48. The number of rotatable bonds is 6. The van der Waals surface area contributed by atoms with Crippen molar-refractivity contribution in [3.63, 3.8) is 0 Å². The third-order valence-corrected chi connectivity index (χ3v) is 5.99. The van der Waals surface area contributed by atoms with E-state index in [1.807, 2.05) is 60.7 Å². The van der Waals surface area contributed by atoms with E-state index in [1.54, 1.807) is 28.4 Å². The van der Waals surface area contributed by atoms with Crippen molar-refractivity contribution < 1.29 is 23.7 Å². The van der Waals surface area contributed by atoms with E-state index in [0.717, 1.165) is 39.6 Å². The lowest BCUT2D eigenvalue weighted by atomic mass is 10.00. The minimum absolute atomic E-state index is 0.0564. The summed E-state index contributed by atoms with van der Waals surface area (Å²) in [5, 5.41) is 2.10. The normalized spacial score (nSPS) is 18.8. The smallest absolute Gasteiger partial charge is 0.196 e. The Morgan fingerprint density at radius 2 is 1.48 bits per heavy atom. The first-order valence-corrected chi connectivity index (χ1v) is 10.6. The Morgan fingerprint density at radius 3 is 2.18 bits per heavy atom. The Kier molecular flexibility index (Phi) is 5.48. The molecule has 0 fully saturated rings. The fourth-order valence-electron chi connectivity index (χ4n) is 4.26. The first-order chi connectivity index (χ1) is 16.1. The summed E-state index contributed by atoms with van der Waals surface area (Å²) in [6, 6.07) is 19.6. The van der Waals surface area contributed by atoms with Crippen molar-refractivity contribution in [2.24, 2.45) is 0 Å². The molecule has 1 N–H and O–H groups in total. The van der Waals surface area contributed by atoms with E-state index in [4.69, 9.17) is 23.7 Å². The average Bonchev–Trinajstić information content (AvgIpc) is 3.33. The van der Waals surface area contributed by atoms with Gasteiger partial charge in [-0.05, 0) is 72.3 Å². The van der Waals surface area contributed by atoms with Gasteiger partial charge in [0.2, 0.25) is 0 Å². The van der Waals surface area contributed by atoms with Crippen LogP contribution in [0.15, 0.2) is 66.7 Å². The van der Waals surface area contributed by atoms with Crippen LogP contribution in [0.5, 0.6) is 28.7 Å². The van der Waals surface area contributed by atoms with E-state index in [0.29, 0.717) is 11.5 Å². The molecule has 0 aromatic heterocycles. The number of methoxy groups -OCH3 is 4. The molecule has 2 atom stereocenters. The maximum absolute atomic E-state index is 6.48. The molecule has 7 heteroatoms. The molecule has 0 amide bonds. The van der Waals surface area contributed by atoms with Gasteiger partial charge in [-0.1, -0.05) is 0 Å². The predicted octanol–water partition coefficient (Wildman–Crippen LogP) is 4.71. The number of fused-ring (bicyclic) bond motifs is 3. The van der Waals surface area contributed by atoms with Crippen LogP contribution in [0.3, 0.4) is 0 Å². The molecule has 3 aromatic carbocycles. The van der Waals surface area contributed by atoms with Crippen LogP contribution in [0, 0.1) is 0 Å². The van der Waals surface area contributed by atoms with E-state index in [9.17, 15) is 0 Å². The molecular formula is C26H26N2O5. The monoisotopic (exact) mass is 446 g/mol. The zero-order chi connectivity index (χ0) is 22.9. The lowest BCUT2D eigenvalue weighted by Gasteiger charge is -2.39. The van der Waals surface area contributed by atoms with E-state index in [-0.39, 0.29) is 12.3 Å². The molecule has 33 heavy (non-hydrogen) atoms. The number of nitrogens with one attached hydrogen (secondary N) is 1. The van der Waals surface area contributed by atoms with Crippen LogP contribution in [-0.2, 0) is 0 Å². The maximum Gasteiger partial charge on any atom is 0.196 e. The molecule has 3 aromatic rings. The van der Waals surface area contributed by atoms with Crippen LogP contribution < -0.4 is 29.1 Å². The third kappa shape index (κ3) is 3.70. The van der Waals surface area contributed by atoms with Crippen LogP contribution in [0.4, 0.5) is 0 Å². The Labute approximate surface area is 193 Å². The summed E-state index contributed by atoms with van der Waals surface area (Å²) >= 11 is 0. The Bertz CT molecular complexity index is 1190. The molecule has 2 heterocycles. The lowest BCUT2D eigenvalue weighted by molar-refractivity contribution is -0.0328. The summed E-state index contributed by atoms with van der Waals surface area (Å²) in [4.78, 5) is 0. The molecule has 0 radical (unpaired) electrons. The highest BCUT2D eigenvalue weighted by Crippen LogP contribution is 2.47. The van der Waals surface area contributed by atoms with Gasteiger partial charge in [0.05, 0.1) is 40.2 Å². The summed E-state index contributed by atoms with van der Waals surface area (Å²) in [6.07, 6.45) is 1.82. The number of ether oxygens (including phenoxy) is 5. The molecule has 7 nitrogen and oxygen atoms in total. The molecule has 2 aliphatic rings. The quantitative estimate of drug-likeness (QED) is 0.588. The summed E-state index contributed by atoms with van der Waals surface area (Å²) in [6.45, 7) is 0. The topological polar surface area (TPSA) is 61.4 Å². The Morgan fingerprint density at radius 1 is 0.758 bits per heavy atom. The van der Waals surface area contributed by atoms with Gasteiger partial charge < -0.3 is 29.1 Å². The standard InChI is InChI=1S/C26H26N2O5/c1-29-18-8-5-16(6-9-18)21-15-22-20-14-19(30-2)10-12-23(20)33-26(28(22)27-21)17-7-11-24(31-3)25(13-17)32-4/h5-15,22,26-27H,1-4H3. The fourth-order valence-corrected chi connectivity index (χ4v) is 4.26. The minimum atomic E-state index is -0.386. The highest BCUT2D eigenvalue weighted by atomic mass is 16.5. The van der Waals surface area contributed by atoms with Crippen molar-refractivity contribution in [2.45, 2.75) is 12.3 Å². The predicted molar refractivity (Wildman–Crippen MR) is 125 cm³/mol. The first kappa shape index (κ1) is 21.0.